The van der Waals surface area contributed by atoms with Crippen LogP contribution in [0.1, 0.15) is 24.6 Å². The quantitative estimate of drug-likeness (QED) is 0.624. The van der Waals surface area contributed by atoms with Gasteiger partial charge in [-0.1, -0.05) is 16.8 Å². The molecule has 1 saturated carbocycles. The Morgan fingerprint density at radius 1 is 1.33 bits per heavy atom. The van der Waals surface area contributed by atoms with Crippen LogP contribution in [-0.4, -0.2) is 14.3 Å². The first-order valence-electron chi connectivity index (χ1n) is 6.75. The van der Waals surface area contributed by atoms with Crippen molar-refractivity contribution in [3.8, 4) is 0 Å². The van der Waals surface area contributed by atoms with E-state index >= 15 is 0 Å². The highest BCUT2D eigenvalue weighted by atomic mass is 79.9. The molecular formula is C14H12BrN3O3. The summed E-state index contributed by atoms with van der Waals surface area (Å²) in [5, 5.41) is 3.80. The highest BCUT2D eigenvalue weighted by Gasteiger charge is 2.37. The third kappa shape index (κ3) is 2.21. The van der Waals surface area contributed by atoms with Crippen LogP contribution in [0.5, 0.6) is 0 Å². The van der Waals surface area contributed by atoms with E-state index in [9.17, 15) is 9.59 Å². The van der Waals surface area contributed by atoms with E-state index in [4.69, 9.17) is 4.52 Å². The fourth-order valence-electron chi connectivity index (χ4n) is 2.98. The Labute approximate surface area is 127 Å². The molecule has 0 spiro atoms. The second-order valence-electron chi connectivity index (χ2n) is 5.51. The number of fused-ring (bicyclic) bond motifs is 1. The Balaban J connectivity index is 1.65. The Bertz CT molecular complexity index is 861. The van der Waals surface area contributed by atoms with Crippen molar-refractivity contribution in [2.24, 2.45) is 5.92 Å². The minimum atomic E-state index is -0.522. The zero-order chi connectivity index (χ0) is 14.6. The molecule has 21 heavy (non-hydrogen) atoms. The third-order valence-corrected chi connectivity index (χ3v) is 4.49. The molecule has 0 amide bonds. The van der Waals surface area contributed by atoms with E-state index in [1.54, 1.807) is 23.0 Å². The summed E-state index contributed by atoms with van der Waals surface area (Å²) in [4.78, 5) is 24.4. The summed E-state index contributed by atoms with van der Waals surface area (Å²) in [7, 11) is 0. The van der Waals surface area contributed by atoms with E-state index in [0.29, 0.717) is 16.3 Å². The molecule has 2 aliphatic rings. The Hall–Kier alpha value is -1.89. The van der Waals surface area contributed by atoms with Crippen LogP contribution in [-0.2, 0) is 6.54 Å². The van der Waals surface area contributed by atoms with E-state index in [1.165, 1.54) is 10.1 Å². The minimum Gasteiger partial charge on any atom is -0.349 e. The van der Waals surface area contributed by atoms with Crippen LogP contribution in [0.2, 0.25) is 0 Å². The number of nitrogens with zero attached hydrogens (tertiary/aromatic N) is 3. The van der Waals surface area contributed by atoms with Crippen LogP contribution in [0.3, 0.4) is 0 Å². The Morgan fingerprint density at radius 3 is 2.86 bits per heavy atom. The molecule has 0 unspecified atom stereocenters. The van der Waals surface area contributed by atoms with Crippen LogP contribution in [0.15, 0.2) is 48.9 Å². The van der Waals surface area contributed by atoms with Gasteiger partial charge in [-0.25, -0.2) is 0 Å². The SMILES string of the molecule is O=c1c(=O)n([C@H]2CC3=C[C@H]3C2)ccn1Cc1cc(Br)on1. The highest BCUT2D eigenvalue weighted by Crippen LogP contribution is 2.48. The molecular weight excluding hydrogens is 338 g/mol. The summed E-state index contributed by atoms with van der Waals surface area (Å²) in [6.07, 6.45) is 7.41. The van der Waals surface area contributed by atoms with Gasteiger partial charge in [0.25, 0.3) is 0 Å². The number of hydrogen-bond donors (Lipinski definition) is 0. The molecule has 108 valence electrons. The van der Waals surface area contributed by atoms with Crippen molar-refractivity contribution >= 4 is 15.9 Å². The van der Waals surface area contributed by atoms with Crippen molar-refractivity contribution in [3.05, 3.63) is 61.2 Å². The van der Waals surface area contributed by atoms with Gasteiger partial charge in [-0.2, -0.15) is 0 Å². The molecule has 4 rings (SSSR count). The number of halogens is 1. The molecule has 2 aliphatic carbocycles. The molecule has 2 atom stereocenters. The lowest BCUT2D eigenvalue weighted by Crippen LogP contribution is -2.41. The minimum absolute atomic E-state index is 0.131. The third-order valence-electron chi connectivity index (χ3n) is 4.12. The summed E-state index contributed by atoms with van der Waals surface area (Å²) < 4.78 is 8.32. The summed E-state index contributed by atoms with van der Waals surface area (Å²) in [6.45, 7) is 0.225. The number of rotatable bonds is 3. The maximum absolute atomic E-state index is 12.3. The van der Waals surface area contributed by atoms with E-state index in [1.807, 2.05) is 0 Å². The number of hydrogen-bond acceptors (Lipinski definition) is 4. The largest absolute Gasteiger partial charge is 0.349 e. The number of allylic oxidation sites excluding steroid dienone is 2. The maximum Gasteiger partial charge on any atom is 0.316 e. The van der Waals surface area contributed by atoms with Crippen LogP contribution >= 0.6 is 15.9 Å². The zero-order valence-electron chi connectivity index (χ0n) is 11.0. The molecule has 2 heterocycles. The lowest BCUT2D eigenvalue weighted by atomic mass is 10.2. The highest BCUT2D eigenvalue weighted by molar-refractivity contribution is 9.10. The molecule has 0 radical (unpaired) electrons. The van der Waals surface area contributed by atoms with Crippen molar-refractivity contribution in [2.45, 2.75) is 25.4 Å². The van der Waals surface area contributed by atoms with Crippen LogP contribution in [0, 0.1) is 5.92 Å². The molecule has 0 bridgehead atoms. The topological polar surface area (TPSA) is 70.0 Å². The van der Waals surface area contributed by atoms with Gasteiger partial charge < -0.3 is 13.7 Å². The van der Waals surface area contributed by atoms with Gasteiger partial charge >= 0.3 is 11.1 Å². The Morgan fingerprint density at radius 2 is 2.19 bits per heavy atom. The summed E-state index contributed by atoms with van der Waals surface area (Å²) in [5.74, 6) is 0.566. The van der Waals surface area contributed by atoms with Gasteiger partial charge in [-0.05, 0) is 28.8 Å². The van der Waals surface area contributed by atoms with Crippen molar-refractivity contribution in [3.63, 3.8) is 0 Å². The first-order valence-corrected chi connectivity index (χ1v) is 7.54. The smallest absolute Gasteiger partial charge is 0.316 e. The molecule has 2 aromatic rings. The normalized spacial score (nSPS) is 23.0. The van der Waals surface area contributed by atoms with Gasteiger partial charge in [0.1, 0.15) is 5.69 Å². The van der Waals surface area contributed by atoms with Gasteiger partial charge in [-0.15, -0.1) is 0 Å². The molecule has 2 aromatic heterocycles. The van der Waals surface area contributed by atoms with E-state index in [2.05, 4.69) is 27.2 Å². The molecule has 7 heteroatoms. The summed E-state index contributed by atoms with van der Waals surface area (Å²) in [5.41, 5.74) is 1.02. The van der Waals surface area contributed by atoms with Gasteiger partial charge in [0.2, 0.25) is 4.67 Å². The summed E-state index contributed by atoms with van der Waals surface area (Å²) in [6, 6.07) is 1.81. The van der Waals surface area contributed by atoms with Crippen molar-refractivity contribution in [1.82, 2.24) is 14.3 Å². The number of aromatic nitrogens is 3. The molecule has 6 nitrogen and oxygen atoms in total. The van der Waals surface area contributed by atoms with E-state index < -0.39 is 11.1 Å². The average Bonchev–Trinajstić information content (AvgIpc) is 2.87. The van der Waals surface area contributed by atoms with Gasteiger partial charge in [-0.3, -0.25) is 9.59 Å². The van der Waals surface area contributed by atoms with E-state index in [-0.39, 0.29) is 12.6 Å². The fourth-order valence-corrected chi connectivity index (χ4v) is 3.31. The maximum atomic E-state index is 12.3. The van der Waals surface area contributed by atoms with Crippen molar-refractivity contribution < 1.29 is 4.52 Å². The second kappa shape index (κ2) is 4.56. The first kappa shape index (κ1) is 12.8. The monoisotopic (exact) mass is 349 g/mol. The van der Waals surface area contributed by atoms with Crippen molar-refractivity contribution in [2.75, 3.05) is 0 Å². The van der Waals surface area contributed by atoms with Crippen LogP contribution in [0.4, 0.5) is 0 Å². The standard InChI is InChI=1S/C14H12BrN3O3/c15-12-6-10(16-21-12)7-17-1-2-18(14(20)13(17)19)11-4-8-3-9(8)5-11/h1-3,6,8,11H,4-5,7H2/t8-,11+/m0/s1. The molecule has 1 fully saturated rings. The first-order chi connectivity index (χ1) is 10.1. The lowest BCUT2D eigenvalue weighted by molar-refractivity contribution is 0.390. The van der Waals surface area contributed by atoms with Gasteiger partial charge in [0.05, 0.1) is 6.54 Å². The second-order valence-corrected chi connectivity index (χ2v) is 6.29. The molecule has 0 N–H and O–H groups in total. The lowest BCUT2D eigenvalue weighted by Gasteiger charge is -2.14. The molecule has 0 aliphatic heterocycles. The summed E-state index contributed by atoms with van der Waals surface area (Å²) >= 11 is 3.16. The van der Waals surface area contributed by atoms with E-state index in [0.717, 1.165) is 12.8 Å². The molecule has 0 saturated heterocycles. The van der Waals surface area contributed by atoms with Crippen molar-refractivity contribution in [1.29, 1.82) is 0 Å². The predicted octanol–water partition coefficient (Wildman–Crippen LogP) is 1.70. The van der Waals surface area contributed by atoms with Gasteiger partial charge in [0, 0.05) is 30.4 Å². The van der Waals surface area contributed by atoms with Crippen LogP contribution in [0.25, 0.3) is 0 Å². The fraction of sp³-hybridized carbons (Fsp3) is 0.357. The zero-order valence-corrected chi connectivity index (χ0v) is 12.6. The van der Waals surface area contributed by atoms with Gasteiger partial charge in [0.15, 0.2) is 0 Å². The van der Waals surface area contributed by atoms with Crippen LogP contribution < -0.4 is 11.1 Å². The Kier molecular flexibility index (Phi) is 2.78. The average molecular weight is 350 g/mol. The molecule has 0 aromatic carbocycles. The predicted molar refractivity (Wildman–Crippen MR) is 78.1 cm³/mol.